The Hall–Kier alpha value is -1.84. The summed E-state index contributed by atoms with van der Waals surface area (Å²) in [5.41, 5.74) is 6.42. The van der Waals surface area contributed by atoms with E-state index in [0.717, 1.165) is 6.26 Å². The number of hydrogen-bond donors (Lipinski definition) is 2. The van der Waals surface area contributed by atoms with E-state index in [1.807, 2.05) is 0 Å². The first-order chi connectivity index (χ1) is 9.67. The Kier molecular flexibility index (Phi) is 5.53. The zero-order chi connectivity index (χ0) is 16.1. The van der Waals surface area contributed by atoms with Gasteiger partial charge in [-0.15, -0.1) is 0 Å². The summed E-state index contributed by atoms with van der Waals surface area (Å²) in [4.78, 5) is 12.1. The fraction of sp³-hybridized carbons (Fsp3) is 0.400. The average Bonchev–Trinajstić information content (AvgIpc) is 2.41. The normalized spacial score (nSPS) is 11.4. The summed E-state index contributed by atoms with van der Waals surface area (Å²) in [5.74, 6) is 5.23. The number of sulfone groups is 1. The zero-order valence-electron chi connectivity index (χ0n) is 12.4. The maximum Gasteiger partial charge on any atom is 0.251 e. The van der Waals surface area contributed by atoms with Crippen LogP contribution in [0.2, 0.25) is 0 Å². The molecule has 5 nitrogen and oxygen atoms in total. The van der Waals surface area contributed by atoms with E-state index in [4.69, 9.17) is 5.73 Å². The molecular formula is C15H20N2O3S. The monoisotopic (exact) mass is 308 g/mol. The van der Waals surface area contributed by atoms with Gasteiger partial charge in [0.15, 0.2) is 9.84 Å². The predicted molar refractivity (Wildman–Crippen MR) is 83.6 cm³/mol. The van der Waals surface area contributed by atoms with Gasteiger partial charge in [-0.25, -0.2) is 8.42 Å². The highest BCUT2D eigenvalue weighted by Crippen LogP contribution is 2.14. The molecule has 1 rings (SSSR count). The molecule has 1 amide bonds. The summed E-state index contributed by atoms with van der Waals surface area (Å²) in [6.45, 7) is 3.44. The van der Waals surface area contributed by atoms with E-state index in [2.05, 4.69) is 17.2 Å². The van der Waals surface area contributed by atoms with Crippen LogP contribution in [0.15, 0.2) is 24.3 Å². The Morgan fingerprint density at radius 1 is 1.38 bits per heavy atom. The second-order valence-corrected chi connectivity index (χ2v) is 7.95. The number of amides is 1. The van der Waals surface area contributed by atoms with Crippen molar-refractivity contribution in [2.75, 3.05) is 19.3 Å². The fourth-order valence-electron chi connectivity index (χ4n) is 1.42. The van der Waals surface area contributed by atoms with Gasteiger partial charge >= 0.3 is 0 Å². The smallest absolute Gasteiger partial charge is 0.251 e. The Bertz CT molecular complexity index is 682. The molecule has 3 N–H and O–H groups in total. The van der Waals surface area contributed by atoms with Crippen molar-refractivity contribution in [1.82, 2.24) is 5.32 Å². The van der Waals surface area contributed by atoms with Crippen LogP contribution >= 0.6 is 0 Å². The van der Waals surface area contributed by atoms with Gasteiger partial charge in [-0.2, -0.15) is 0 Å². The molecule has 0 bridgehead atoms. The molecule has 6 heteroatoms. The molecule has 21 heavy (non-hydrogen) atoms. The number of benzene rings is 1. The molecule has 1 aromatic rings. The lowest BCUT2D eigenvalue weighted by Crippen LogP contribution is -2.43. The molecule has 0 fully saturated rings. The molecule has 0 unspecified atom stereocenters. The Morgan fingerprint density at radius 2 is 2.05 bits per heavy atom. The van der Waals surface area contributed by atoms with Gasteiger partial charge in [-0.1, -0.05) is 17.9 Å². The van der Waals surface area contributed by atoms with Gasteiger partial charge in [-0.3, -0.25) is 4.79 Å². The van der Waals surface area contributed by atoms with Crippen molar-refractivity contribution in [3.8, 4) is 11.8 Å². The molecule has 114 valence electrons. The number of carbonyl (C=O) groups is 1. The minimum absolute atomic E-state index is 0.0450. The van der Waals surface area contributed by atoms with E-state index in [1.165, 1.54) is 0 Å². The molecule has 0 atom stereocenters. The molecular weight excluding hydrogens is 288 g/mol. The van der Waals surface area contributed by atoms with Crippen LogP contribution < -0.4 is 11.1 Å². The summed E-state index contributed by atoms with van der Waals surface area (Å²) in [6, 6.07) is 6.79. The minimum atomic E-state index is -3.25. The molecule has 0 aliphatic heterocycles. The van der Waals surface area contributed by atoms with Crippen LogP contribution in [0.4, 0.5) is 0 Å². The number of nitrogens with one attached hydrogen (secondary N) is 1. The van der Waals surface area contributed by atoms with E-state index >= 15 is 0 Å². The maximum absolute atomic E-state index is 12.1. The predicted octanol–water partition coefficient (Wildman–Crippen LogP) is 0.550. The van der Waals surface area contributed by atoms with Gasteiger partial charge in [0.25, 0.3) is 5.91 Å². The highest BCUT2D eigenvalue weighted by molar-refractivity contribution is 7.92. The van der Waals surface area contributed by atoms with E-state index in [1.54, 1.807) is 38.1 Å². The first kappa shape index (κ1) is 17.2. The SMILES string of the molecule is CC(C)(CNC(=O)c1cccc(C#CCN)c1)S(C)(=O)=O. The Morgan fingerprint density at radius 3 is 2.62 bits per heavy atom. The van der Waals surface area contributed by atoms with Crippen molar-refractivity contribution in [2.45, 2.75) is 18.6 Å². The van der Waals surface area contributed by atoms with Crippen LogP contribution in [-0.4, -0.2) is 38.4 Å². The number of hydrogen-bond acceptors (Lipinski definition) is 4. The standard InChI is InChI=1S/C15H20N2O3S/c1-15(2,21(3,19)20)11-17-14(18)13-8-4-6-12(10-13)7-5-9-16/h4,6,8,10H,9,11,16H2,1-3H3,(H,17,18). The minimum Gasteiger partial charge on any atom is -0.350 e. The zero-order valence-corrected chi connectivity index (χ0v) is 13.3. The summed E-state index contributed by atoms with van der Waals surface area (Å²) in [6.07, 6.45) is 1.15. The molecule has 0 saturated heterocycles. The van der Waals surface area contributed by atoms with E-state index in [0.29, 0.717) is 11.1 Å². The van der Waals surface area contributed by atoms with Crippen molar-refractivity contribution >= 4 is 15.7 Å². The van der Waals surface area contributed by atoms with Crippen LogP contribution in [0.3, 0.4) is 0 Å². The van der Waals surface area contributed by atoms with Gasteiger partial charge in [-0.05, 0) is 32.0 Å². The largest absolute Gasteiger partial charge is 0.350 e. The van der Waals surface area contributed by atoms with Crippen LogP contribution in [0.5, 0.6) is 0 Å². The van der Waals surface area contributed by atoms with Gasteiger partial charge < -0.3 is 11.1 Å². The molecule has 0 radical (unpaired) electrons. The maximum atomic E-state index is 12.1. The molecule has 0 saturated carbocycles. The first-order valence-corrected chi connectivity index (χ1v) is 8.33. The van der Waals surface area contributed by atoms with Gasteiger partial charge in [0, 0.05) is 23.9 Å². The summed E-state index contributed by atoms with van der Waals surface area (Å²) in [7, 11) is -3.25. The van der Waals surface area contributed by atoms with Gasteiger partial charge in [0.2, 0.25) is 0 Å². The Labute approximate surface area is 125 Å². The fourth-order valence-corrected chi connectivity index (χ4v) is 1.75. The molecule has 0 spiro atoms. The third-order valence-electron chi connectivity index (χ3n) is 3.14. The lowest BCUT2D eigenvalue weighted by atomic mass is 10.1. The van der Waals surface area contributed by atoms with Crippen molar-refractivity contribution < 1.29 is 13.2 Å². The van der Waals surface area contributed by atoms with E-state index < -0.39 is 14.6 Å². The number of carbonyl (C=O) groups excluding carboxylic acids is 1. The van der Waals surface area contributed by atoms with Crippen molar-refractivity contribution in [2.24, 2.45) is 5.73 Å². The quantitative estimate of drug-likeness (QED) is 0.795. The molecule has 0 aliphatic rings. The van der Waals surface area contributed by atoms with Crippen LogP contribution in [0.25, 0.3) is 0 Å². The second kappa shape index (κ2) is 6.74. The highest BCUT2D eigenvalue weighted by Gasteiger charge is 2.30. The van der Waals surface area contributed by atoms with Gasteiger partial charge in [0.1, 0.15) is 0 Å². The van der Waals surface area contributed by atoms with Gasteiger partial charge in [0.05, 0.1) is 11.3 Å². The third-order valence-corrected chi connectivity index (χ3v) is 5.29. The number of rotatable bonds is 4. The lowest BCUT2D eigenvalue weighted by molar-refractivity contribution is 0.0950. The van der Waals surface area contributed by atoms with Crippen LogP contribution in [-0.2, 0) is 9.84 Å². The number of nitrogens with two attached hydrogens (primary N) is 1. The molecule has 1 aromatic carbocycles. The summed E-state index contributed by atoms with van der Waals surface area (Å²) in [5, 5.41) is 2.64. The summed E-state index contributed by atoms with van der Waals surface area (Å²) >= 11 is 0. The molecule has 0 heterocycles. The van der Waals surface area contributed by atoms with Crippen molar-refractivity contribution in [3.63, 3.8) is 0 Å². The third kappa shape index (κ3) is 4.88. The van der Waals surface area contributed by atoms with Crippen molar-refractivity contribution in [1.29, 1.82) is 0 Å². The molecule has 0 aliphatic carbocycles. The summed E-state index contributed by atoms with van der Waals surface area (Å²) < 4.78 is 22.2. The second-order valence-electron chi connectivity index (χ2n) is 5.30. The first-order valence-electron chi connectivity index (χ1n) is 6.44. The van der Waals surface area contributed by atoms with E-state index in [9.17, 15) is 13.2 Å². The topological polar surface area (TPSA) is 89.3 Å². The van der Waals surface area contributed by atoms with Crippen molar-refractivity contribution in [3.05, 3.63) is 35.4 Å². The highest BCUT2D eigenvalue weighted by atomic mass is 32.2. The lowest BCUT2D eigenvalue weighted by Gasteiger charge is -2.22. The average molecular weight is 308 g/mol. The van der Waals surface area contributed by atoms with Crippen LogP contribution in [0, 0.1) is 11.8 Å². The van der Waals surface area contributed by atoms with E-state index in [-0.39, 0.29) is 19.0 Å². The molecule has 0 aromatic heterocycles. The Balaban J connectivity index is 2.82. The van der Waals surface area contributed by atoms with Crippen LogP contribution in [0.1, 0.15) is 29.8 Å².